The second-order valence-corrected chi connectivity index (χ2v) is 8.01. The van der Waals surface area contributed by atoms with Gasteiger partial charge in [0, 0.05) is 23.7 Å². The summed E-state index contributed by atoms with van der Waals surface area (Å²) in [5.41, 5.74) is 1.41. The van der Waals surface area contributed by atoms with Gasteiger partial charge in [-0.25, -0.2) is 9.78 Å². The number of ether oxygens (including phenoxy) is 2. The molecule has 0 radical (unpaired) electrons. The molecule has 2 aromatic rings. The minimum absolute atomic E-state index is 0.0302. The van der Waals surface area contributed by atoms with Crippen molar-refractivity contribution >= 4 is 34.8 Å². The van der Waals surface area contributed by atoms with E-state index in [1.165, 1.54) is 11.3 Å². The fraction of sp³-hybridized carbons (Fsp3) is 0.421. The van der Waals surface area contributed by atoms with Crippen molar-refractivity contribution in [3.8, 4) is 10.6 Å². The zero-order valence-corrected chi connectivity index (χ0v) is 17.0. The summed E-state index contributed by atoms with van der Waals surface area (Å²) in [6.07, 6.45) is -0.0604. The molecule has 1 amide bonds. The second kappa shape index (κ2) is 8.37. The van der Waals surface area contributed by atoms with Gasteiger partial charge in [-0.2, -0.15) is 0 Å². The minimum Gasteiger partial charge on any atom is -0.451 e. The topological polar surface area (TPSA) is 68.7 Å². The molecule has 144 valence electrons. The lowest BCUT2D eigenvalue weighted by molar-refractivity contribution is -0.146. The van der Waals surface area contributed by atoms with Gasteiger partial charge in [0.25, 0.3) is 5.91 Å². The summed E-state index contributed by atoms with van der Waals surface area (Å²) in [6, 6.07) is 7.28. The van der Waals surface area contributed by atoms with E-state index in [-0.39, 0.29) is 24.7 Å². The highest BCUT2D eigenvalue weighted by Crippen LogP contribution is 2.29. The van der Waals surface area contributed by atoms with Crippen molar-refractivity contribution in [1.29, 1.82) is 0 Å². The molecular formula is C19H21ClN2O4S. The normalized spacial score (nSPS) is 19.8. The molecule has 8 heteroatoms. The number of aryl methyl sites for hydroxylation is 1. The fourth-order valence-corrected chi connectivity index (χ4v) is 4.14. The van der Waals surface area contributed by atoms with Crippen LogP contribution < -0.4 is 0 Å². The van der Waals surface area contributed by atoms with Crippen LogP contribution in [0.2, 0.25) is 5.02 Å². The Balaban J connectivity index is 1.64. The summed E-state index contributed by atoms with van der Waals surface area (Å²) in [5, 5.41) is 1.29. The Morgan fingerprint density at radius 3 is 2.70 bits per heavy atom. The Morgan fingerprint density at radius 1 is 1.33 bits per heavy atom. The highest BCUT2D eigenvalue weighted by atomic mass is 35.5. The van der Waals surface area contributed by atoms with Crippen LogP contribution >= 0.6 is 22.9 Å². The van der Waals surface area contributed by atoms with Crippen LogP contribution in [0, 0.1) is 6.92 Å². The largest absolute Gasteiger partial charge is 0.451 e. The van der Waals surface area contributed by atoms with Crippen LogP contribution in [0.1, 0.15) is 29.2 Å². The third-order valence-electron chi connectivity index (χ3n) is 4.15. The molecule has 1 aliphatic heterocycles. The van der Waals surface area contributed by atoms with Crippen LogP contribution in [0.4, 0.5) is 0 Å². The highest BCUT2D eigenvalue weighted by Gasteiger charge is 2.27. The first-order valence-electron chi connectivity index (χ1n) is 8.67. The molecule has 2 atom stereocenters. The van der Waals surface area contributed by atoms with Crippen molar-refractivity contribution in [1.82, 2.24) is 9.88 Å². The van der Waals surface area contributed by atoms with Gasteiger partial charge in [0.1, 0.15) is 9.88 Å². The van der Waals surface area contributed by atoms with Crippen LogP contribution in [0.3, 0.4) is 0 Å². The average molecular weight is 409 g/mol. The number of thiazole rings is 1. The van der Waals surface area contributed by atoms with E-state index in [1.54, 1.807) is 24.0 Å². The Kier molecular flexibility index (Phi) is 6.14. The van der Waals surface area contributed by atoms with Crippen LogP contribution in [0.25, 0.3) is 10.6 Å². The van der Waals surface area contributed by atoms with Crippen LogP contribution in [0.15, 0.2) is 24.3 Å². The summed E-state index contributed by atoms with van der Waals surface area (Å²) in [4.78, 5) is 31.2. The Bertz CT molecular complexity index is 844. The number of carbonyl (C=O) groups is 2. The first kappa shape index (κ1) is 19.8. The number of aromatic nitrogens is 1. The Morgan fingerprint density at radius 2 is 2.04 bits per heavy atom. The molecule has 0 bridgehead atoms. The van der Waals surface area contributed by atoms with E-state index >= 15 is 0 Å². The highest BCUT2D eigenvalue weighted by molar-refractivity contribution is 7.17. The molecule has 1 saturated heterocycles. The summed E-state index contributed by atoms with van der Waals surface area (Å²) in [7, 11) is 0. The molecular weight excluding hydrogens is 388 g/mol. The van der Waals surface area contributed by atoms with Crippen molar-refractivity contribution < 1.29 is 19.1 Å². The average Bonchev–Trinajstić information content (AvgIpc) is 3.00. The molecule has 0 N–H and O–H groups in total. The molecule has 1 aromatic heterocycles. The minimum atomic E-state index is -0.541. The lowest BCUT2D eigenvalue weighted by Crippen LogP contribution is -2.49. The van der Waals surface area contributed by atoms with Crippen molar-refractivity contribution in [2.75, 3.05) is 19.7 Å². The molecule has 27 heavy (non-hydrogen) atoms. The first-order valence-corrected chi connectivity index (χ1v) is 9.86. The number of esters is 1. The molecule has 3 rings (SSSR count). The SMILES string of the molecule is Cc1nc(-c2cccc(Cl)c2)sc1C(=O)OCC(=O)N1C[C@@H](C)O[C@H](C)C1. The van der Waals surface area contributed by atoms with E-state index in [0.29, 0.717) is 33.7 Å². The van der Waals surface area contributed by atoms with E-state index in [2.05, 4.69) is 4.98 Å². The number of nitrogens with zero attached hydrogens (tertiary/aromatic N) is 2. The standard InChI is InChI=1S/C19H21ClN2O4S/c1-11-8-22(9-12(2)26-11)16(23)10-25-19(24)17-13(3)21-18(27-17)14-5-4-6-15(20)7-14/h4-7,11-12H,8-10H2,1-3H3/t11-,12-/m1/s1. The summed E-state index contributed by atoms with van der Waals surface area (Å²) in [6.45, 7) is 6.29. The zero-order valence-electron chi connectivity index (χ0n) is 15.4. The monoisotopic (exact) mass is 408 g/mol. The van der Waals surface area contributed by atoms with Gasteiger partial charge >= 0.3 is 5.97 Å². The number of rotatable bonds is 4. The van der Waals surface area contributed by atoms with Gasteiger partial charge in [0.2, 0.25) is 0 Å². The lowest BCUT2D eigenvalue weighted by Gasteiger charge is -2.35. The van der Waals surface area contributed by atoms with Gasteiger partial charge in [-0.1, -0.05) is 23.7 Å². The summed E-state index contributed by atoms with van der Waals surface area (Å²) >= 11 is 7.25. The number of hydrogen-bond donors (Lipinski definition) is 0. The zero-order chi connectivity index (χ0) is 19.6. The molecule has 0 unspecified atom stereocenters. The predicted octanol–water partition coefficient (Wildman–Crippen LogP) is 3.56. The molecule has 1 aromatic carbocycles. The molecule has 1 aliphatic rings. The third-order valence-corrected chi connectivity index (χ3v) is 5.57. The number of hydrogen-bond acceptors (Lipinski definition) is 6. The van der Waals surface area contributed by atoms with Gasteiger partial charge < -0.3 is 14.4 Å². The Labute approximate surface area is 167 Å². The van der Waals surface area contributed by atoms with E-state index in [1.807, 2.05) is 26.0 Å². The lowest BCUT2D eigenvalue weighted by atomic mass is 10.2. The van der Waals surface area contributed by atoms with Crippen LogP contribution in [-0.4, -0.2) is 53.7 Å². The number of morpholine rings is 1. The van der Waals surface area contributed by atoms with Gasteiger partial charge in [0.05, 0.1) is 17.9 Å². The molecule has 0 aliphatic carbocycles. The Hall–Kier alpha value is -1.96. The van der Waals surface area contributed by atoms with Gasteiger partial charge in [-0.15, -0.1) is 11.3 Å². The number of carbonyl (C=O) groups excluding carboxylic acids is 2. The molecule has 2 heterocycles. The maximum atomic E-state index is 12.4. The molecule has 6 nitrogen and oxygen atoms in total. The number of benzene rings is 1. The first-order chi connectivity index (χ1) is 12.8. The number of amides is 1. The quantitative estimate of drug-likeness (QED) is 0.723. The van der Waals surface area contributed by atoms with Crippen molar-refractivity contribution in [3.05, 3.63) is 39.9 Å². The van der Waals surface area contributed by atoms with Gasteiger partial charge in [0.15, 0.2) is 6.61 Å². The molecule has 0 saturated carbocycles. The van der Waals surface area contributed by atoms with E-state index < -0.39 is 5.97 Å². The van der Waals surface area contributed by atoms with Crippen molar-refractivity contribution in [2.24, 2.45) is 0 Å². The van der Waals surface area contributed by atoms with E-state index in [4.69, 9.17) is 21.1 Å². The molecule has 0 spiro atoms. The van der Waals surface area contributed by atoms with E-state index in [9.17, 15) is 9.59 Å². The maximum absolute atomic E-state index is 12.4. The van der Waals surface area contributed by atoms with Crippen molar-refractivity contribution in [3.63, 3.8) is 0 Å². The second-order valence-electron chi connectivity index (χ2n) is 6.58. The van der Waals surface area contributed by atoms with Crippen molar-refractivity contribution in [2.45, 2.75) is 33.0 Å². The fourth-order valence-electron chi connectivity index (χ4n) is 3.00. The molecule has 1 fully saturated rings. The van der Waals surface area contributed by atoms with Crippen LogP contribution in [-0.2, 0) is 14.3 Å². The van der Waals surface area contributed by atoms with Crippen LogP contribution in [0.5, 0.6) is 0 Å². The smallest absolute Gasteiger partial charge is 0.350 e. The third kappa shape index (κ3) is 4.86. The van der Waals surface area contributed by atoms with Gasteiger partial charge in [-0.3, -0.25) is 4.79 Å². The summed E-state index contributed by atoms with van der Waals surface area (Å²) < 4.78 is 10.9. The van der Waals surface area contributed by atoms with Gasteiger partial charge in [-0.05, 0) is 32.9 Å². The maximum Gasteiger partial charge on any atom is 0.350 e. The van der Waals surface area contributed by atoms with E-state index in [0.717, 1.165) is 5.56 Å². The predicted molar refractivity (Wildman–Crippen MR) is 104 cm³/mol. The summed E-state index contributed by atoms with van der Waals surface area (Å²) in [5.74, 6) is -0.761. The number of halogens is 1.